The molecule has 0 radical (unpaired) electrons. The van der Waals surface area contributed by atoms with Crippen molar-refractivity contribution < 1.29 is 9.47 Å². The lowest BCUT2D eigenvalue weighted by Crippen LogP contribution is -2.37. The maximum atomic E-state index is 5.90. The molecule has 1 spiro atoms. The molecule has 0 N–H and O–H groups in total. The van der Waals surface area contributed by atoms with E-state index in [9.17, 15) is 0 Å². The first-order valence-electron chi connectivity index (χ1n) is 7.25. The first-order valence-corrected chi connectivity index (χ1v) is 7.25. The second-order valence-electron chi connectivity index (χ2n) is 5.88. The number of benzene rings is 1. The van der Waals surface area contributed by atoms with Crippen molar-refractivity contribution in [1.82, 2.24) is 4.90 Å². The van der Waals surface area contributed by atoms with Crippen molar-refractivity contribution in [1.29, 1.82) is 0 Å². The van der Waals surface area contributed by atoms with Crippen molar-refractivity contribution in [3.63, 3.8) is 0 Å². The van der Waals surface area contributed by atoms with Gasteiger partial charge in [0.05, 0.1) is 12.4 Å². The molecule has 3 nitrogen and oxygen atoms in total. The quantitative estimate of drug-likeness (QED) is 0.772. The molecule has 0 amide bonds. The zero-order chi connectivity index (χ0) is 13.6. The van der Waals surface area contributed by atoms with Gasteiger partial charge in [-0.2, -0.15) is 0 Å². The largest absolute Gasteiger partial charge is 0.466 e. The van der Waals surface area contributed by atoms with E-state index in [2.05, 4.69) is 41.3 Å². The van der Waals surface area contributed by atoms with Crippen LogP contribution in [0, 0.1) is 0 Å². The average Bonchev–Trinajstić information content (AvgIpc) is 3.21. The van der Waals surface area contributed by atoms with Gasteiger partial charge in [0.25, 0.3) is 0 Å². The number of fused-ring (bicyclic) bond motifs is 1. The van der Waals surface area contributed by atoms with Gasteiger partial charge in [0.15, 0.2) is 0 Å². The van der Waals surface area contributed by atoms with Gasteiger partial charge in [0.2, 0.25) is 0 Å². The topological polar surface area (TPSA) is 25.0 Å². The third-order valence-electron chi connectivity index (χ3n) is 4.31. The molecule has 4 rings (SSSR count). The summed E-state index contributed by atoms with van der Waals surface area (Å²) in [6.07, 6.45) is 3.12. The molecule has 104 valence electrons. The molecule has 1 unspecified atom stereocenters. The molecule has 0 aromatic heterocycles. The second kappa shape index (κ2) is 4.47. The lowest BCUT2D eigenvalue weighted by Gasteiger charge is -2.34. The van der Waals surface area contributed by atoms with Crippen LogP contribution in [0.25, 0.3) is 0 Å². The number of nitrogens with zero attached hydrogens (tertiary/aromatic N) is 1. The lowest BCUT2D eigenvalue weighted by atomic mass is 9.91. The molecular weight excluding hydrogens is 250 g/mol. The van der Waals surface area contributed by atoms with Crippen molar-refractivity contribution in [2.45, 2.75) is 25.5 Å². The Labute approximate surface area is 119 Å². The minimum Gasteiger partial charge on any atom is -0.466 e. The molecule has 3 aliphatic heterocycles. The highest BCUT2D eigenvalue weighted by molar-refractivity contribution is 5.40. The summed E-state index contributed by atoms with van der Waals surface area (Å²) in [6.45, 7) is 5.83. The summed E-state index contributed by atoms with van der Waals surface area (Å²) in [7, 11) is 0. The molecule has 1 atom stereocenters. The van der Waals surface area contributed by atoms with Crippen LogP contribution in [0.1, 0.15) is 18.9 Å². The third kappa shape index (κ3) is 2.07. The zero-order valence-corrected chi connectivity index (χ0v) is 11.8. The van der Waals surface area contributed by atoms with E-state index in [0.29, 0.717) is 0 Å². The normalized spacial score (nSPS) is 28.9. The number of rotatable bonds is 2. The second-order valence-corrected chi connectivity index (χ2v) is 5.88. The van der Waals surface area contributed by atoms with Gasteiger partial charge in [0.1, 0.15) is 11.4 Å². The van der Waals surface area contributed by atoms with Gasteiger partial charge in [-0.3, -0.25) is 4.90 Å². The molecule has 1 aromatic carbocycles. The summed E-state index contributed by atoms with van der Waals surface area (Å²) in [4.78, 5) is 2.48. The predicted molar refractivity (Wildman–Crippen MR) is 76.9 cm³/mol. The number of epoxide rings is 1. The summed E-state index contributed by atoms with van der Waals surface area (Å²) in [5.74, 6) is 2.13. The van der Waals surface area contributed by atoms with Gasteiger partial charge in [-0.25, -0.2) is 0 Å². The molecule has 0 saturated carbocycles. The van der Waals surface area contributed by atoms with E-state index >= 15 is 0 Å². The lowest BCUT2D eigenvalue weighted by molar-refractivity contribution is 0.183. The van der Waals surface area contributed by atoms with Gasteiger partial charge in [-0.1, -0.05) is 30.3 Å². The predicted octanol–water partition coefficient (Wildman–Crippen LogP) is 2.85. The fourth-order valence-electron chi connectivity index (χ4n) is 3.23. The molecule has 1 saturated heterocycles. The first kappa shape index (κ1) is 12.2. The first-order chi connectivity index (χ1) is 9.75. The zero-order valence-electron chi connectivity index (χ0n) is 11.8. The van der Waals surface area contributed by atoms with Gasteiger partial charge in [-0.05, 0) is 18.6 Å². The Morgan fingerprint density at radius 1 is 1.25 bits per heavy atom. The van der Waals surface area contributed by atoms with Crippen LogP contribution in [0.3, 0.4) is 0 Å². The average molecular weight is 269 g/mol. The van der Waals surface area contributed by atoms with Crippen LogP contribution in [-0.2, 0) is 16.0 Å². The fraction of sp³-hybridized carbons (Fsp3) is 0.412. The molecule has 20 heavy (non-hydrogen) atoms. The SMILES string of the molecule is CC1=CC2(CO2)C2=C(CCN(Cc3ccccc3)C2)O1. The Hall–Kier alpha value is -1.58. The van der Waals surface area contributed by atoms with Gasteiger partial charge in [0, 0.05) is 31.6 Å². The Kier molecular flexibility index (Phi) is 2.72. The van der Waals surface area contributed by atoms with Gasteiger partial charge in [-0.15, -0.1) is 0 Å². The van der Waals surface area contributed by atoms with Crippen molar-refractivity contribution in [2.75, 3.05) is 19.7 Å². The monoisotopic (exact) mass is 269 g/mol. The molecule has 1 fully saturated rings. The summed E-state index contributed by atoms with van der Waals surface area (Å²) >= 11 is 0. The Morgan fingerprint density at radius 2 is 2.05 bits per heavy atom. The van der Waals surface area contributed by atoms with Crippen LogP contribution in [0.4, 0.5) is 0 Å². The highest BCUT2D eigenvalue weighted by Gasteiger charge is 2.51. The van der Waals surface area contributed by atoms with E-state index in [-0.39, 0.29) is 5.60 Å². The summed E-state index contributed by atoms with van der Waals surface area (Å²) in [5, 5.41) is 0. The maximum Gasteiger partial charge on any atom is 0.139 e. The van der Waals surface area contributed by atoms with E-state index in [4.69, 9.17) is 9.47 Å². The number of ether oxygens (including phenoxy) is 2. The summed E-state index contributed by atoms with van der Waals surface area (Å²) in [6, 6.07) is 10.6. The molecule has 3 aliphatic rings. The highest BCUT2D eigenvalue weighted by atomic mass is 16.6. The van der Waals surface area contributed by atoms with Crippen molar-refractivity contribution in [3.8, 4) is 0 Å². The van der Waals surface area contributed by atoms with Crippen LogP contribution in [0.5, 0.6) is 0 Å². The number of hydrogen-bond acceptors (Lipinski definition) is 3. The van der Waals surface area contributed by atoms with Crippen LogP contribution < -0.4 is 0 Å². The summed E-state index contributed by atoms with van der Waals surface area (Å²) < 4.78 is 11.6. The van der Waals surface area contributed by atoms with Crippen LogP contribution in [-0.4, -0.2) is 30.2 Å². The van der Waals surface area contributed by atoms with Crippen molar-refractivity contribution in [2.24, 2.45) is 0 Å². The van der Waals surface area contributed by atoms with E-state index in [1.165, 1.54) is 11.1 Å². The van der Waals surface area contributed by atoms with E-state index in [0.717, 1.165) is 44.2 Å². The minimum absolute atomic E-state index is 0.132. The van der Waals surface area contributed by atoms with E-state index in [1.807, 2.05) is 6.92 Å². The minimum atomic E-state index is -0.132. The number of hydrogen-bond donors (Lipinski definition) is 0. The fourth-order valence-corrected chi connectivity index (χ4v) is 3.23. The van der Waals surface area contributed by atoms with Crippen LogP contribution in [0.15, 0.2) is 53.5 Å². The Balaban J connectivity index is 1.53. The molecule has 0 aliphatic carbocycles. The molecule has 1 aromatic rings. The Morgan fingerprint density at radius 3 is 2.80 bits per heavy atom. The standard InChI is InChI=1S/C17H19NO2/c1-13-9-17(12-19-17)15-11-18(8-7-16(15)20-13)10-14-5-3-2-4-6-14/h2-6,9H,7-8,10-12H2,1H3. The van der Waals surface area contributed by atoms with Crippen molar-refractivity contribution >= 4 is 0 Å². The van der Waals surface area contributed by atoms with E-state index < -0.39 is 0 Å². The molecule has 3 heteroatoms. The smallest absolute Gasteiger partial charge is 0.139 e. The molecule has 3 heterocycles. The van der Waals surface area contributed by atoms with Gasteiger partial charge >= 0.3 is 0 Å². The summed E-state index contributed by atoms with van der Waals surface area (Å²) in [5.41, 5.74) is 2.57. The molecule has 0 bridgehead atoms. The Bertz CT molecular complexity index is 584. The highest BCUT2D eigenvalue weighted by Crippen LogP contribution is 2.45. The van der Waals surface area contributed by atoms with Crippen molar-refractivity contribution in [3.05, 3.63) is 59.1 Å². The number of allylic oxidation sites excluding steroid dienone is 1. The van der Waals surface area contributed by atoms with E-state index in [1.54, 1.807) is 0 Å². The van der Waals surface area contributed by atoms with Crippen LogP contribution >= 0.6 is 0 Å². The van der Waals surface area contributed by atoms with Gasteiger partial charge < -0.3 is 9.47 Å². The third-order valence-corrected chi connectivity index (χ3v) is 4.31. The van der Waals surface area contributed by atoms with Crippen LogP contribution in [0.2, 0.25) is 0 Å². The maximum absolute atomic E-state index is 5.90. The molecular formula is C17H19NO2.